The second kappa shape index (κ2) is 6.57. The predicted octanol–water partition coefficient (Wildman–Crippen LogP) is 2.80. The van der Waals surface area contributed by atoms with E-state index >= 15 is 0 Å². The summed E-state index contributed by atoms with van der Waals surface area (Å²) in [4.78, 5) is 4.43. The van der Waals surface area contributed by atoms with Crippen LogP contribution in [-0.2, 0) is 0 Å². The largest absolute Gasteiger partial charge is 0.351 e. The highest BCUT2D eigenvalue weighted by molar-refractivity contribution is 8.00. The minimum absolute atomic E-state index is 0.413. The zero-order valence-electron chi connectivity index (χ0n) is 13.9. The summed E-state index contributed by atoms with van der Waals surface area (Å²) in [5.74, 6) is 2.10. The van der Waals surface area contributed by atoms with E-state index in [1.54, 1.807) is 0 Å². The minimum Gasteiger partial charge on any atom is -0.351 e. The molecule has 1 N–H and O–H groups in total. The van der Waals surface area contributed by atoms with Crippen LogP contribution in [0.5, 0.6) is 0 Å². The number of nitriles is 1. The van der Waals surface area contributed by atoms with Crippen molar-refractivity contribution in [2.75, 3.05) is 26.2 Å². The van der Waals surface area contributed by atoms with Crippen molar-refractivity contribution in [3.63, 3.8) is 0 Å². The van der Waals surface area contributed by atoms with E-state index in [1.807, 2.05) is 4.90 Å². The molecule has 0 aromatic rings. The fourth-order valence-electron chi connectivity index (χ4n) is 4.96. The van der Waals surface area contributed by atoms with Crippen LogP contribution in [0.15, 0.2) is 12.3 Å². The normalized spacial score (nSPS) is 38.7. The number of thioether (sulfide) groups is 1. The van der Waals surface area contributed by atoms with Crippen LogP contribution in [-0.4, -0.2) is 46.7 Å². The van der Waals surface area contributed by atoms with Gasteiger partial charge in [-0.25, -0.2) is 0 Å². The van der Waals surface area contributed by atoms with E-state index in [0.29, 0.717) is 17.3 Å². The van der Waals surface area contributed by atoms with Gasteiger partial charge in [-0.3, -0.25) is 5.32 Å². The number of hydrogen-bond acceptors (Lipinski definition) is 5. The van der Waals surface area contributed by atoms with E-state index in [9.17, 15) is 0 Å². The van der Waals surface area contributed by atoms with Crippen molar-refractivity contribution >= 4 is 11.8 Å². The highest BCUT2D eigenvalue weighted by Gasteiger charge is 2.44. The first-order valence-electron chi connectivity index (χ1n) is 9.25. The molecule has 2 unspecified atom stereocenters. The summed E-state index contributed by atoms with van der Waals surface area (Å²) >= 11 is 2.15. The molecular weight excluding hydrogens is 304 g/mol. The SMILES string of the molecule is C=C1[C@H]2CN(C#N)CC[C@H]2CN1C1NCC(C2CCCCC2)S1. The lowest BCUT2D eigenvalue weighted by molar-refractivity contribution is 0.216. The minimum atomic E-state index is 0.413. The first-order valence-corrected chi connectivity index (χ1v) is 10.2. The summed E-state index contributed by atoms with van der Waals surface area (Å²) in [6.45, 7) is 8.49. The summed E-state index contributed by atoms with van der Waals surface area (Å²) < 4.78 is 0. The Morgan fingerprint density at radius 3 is 2.74 bits per heavy atom. The van der Waals surface area contributed by atoms with Crippen LogP contribution in [0.1, 0.15) is 38.5 Å². The van der Waals surface area contributed by atoms with Crippen molar-refractivity contribution in [3.8, 4) is 6.19 Å². The molecule has 3 heterocycles. The Morgan fingerprint density at radius 1 is 1.13 bits per heavy atom. The molecule has 4 fully saturated rings. The molecule has 4 nitrogen and oxygen atoms in total. The fraction of sp³-hybridized carbons (Fsp3) is 0.833. The van der Waals surface area contributed by atoms with Crippen molar-refractivity contribution < 1.29 is 0 Å². The summed E-state index contributed by atoms with van der Waals surface area (Å²) in [5, 5.41) is 13.7. The van der Waals surface area contributed by atoms with E-state index in [-0.39, 0.29) is 0 Å². The average Bonchev–Trinajstić information content (AvgIpc) is 3.20. The van der Waals surface area contributed by atoms with E-state index in [1.165, 1.54) is 37.8 Å². The van der Waals surface area contributed by atoms with E-state index in [2.05, 4.69) is 34.8 Å². The molecule has 23 heavy (non-hydrogen) atoms. The van der Waals surface area contributed by atoms with Crippen LogP contribution >= 0.6 is 11.8 Å². The highest BCUT2D eigenvalue weighted by Crippen LogP contribution is 2.44. The van der Waals surface area contributed by atoms with Gasteiger partial charge in [0.25, 0.3) is 0 Å². The van der Waals surface area contributed by atoms with Crippen LogP contribution in [0.25, 0.3) is 0 Å². The van der Waals surface area contributed by atoms with Crippen molar-refractivity contribution in [3.05, 3.63) is 12.3 Å². The maximum Gasteiger partial charge on any atom is 0.179 e. The molecule has 0 aromatic carbocycles. The number of fused-ring (bicyclic) bond motifs is 1. The Hall–Kier alpha value is -0.860. The van der Waals surface area contributed by atoms with Gasteiger partial charge in [-0.1, -0.05) is 25.8 Å². The maximum absolute atomic E-state index is 9.17. The van der Waals surface area contributed by atoms with Crippen molar-refractivity contribution in [2.45, 2.75) is 49.3 Å². The van der Waals surface area contributed by atoms with E-state index in [4.69, 9.17) is 5.26 Å². The van der Waals surface area contributed by atoms with Crippen molar-refractivity contribution in [1.82, 2.24) is 15.1 Å². The topological polar surface area (TPSA) is 42.3 Å². The van der Waals surface area contributed by atoms with Crippen molar-refractivity contribution in [1.29, 1.82) is 5.26 Å². The number of rotatable bonds is 2. The molecule has 0 radical (unpaired) electrons. The molecule has 4 atom stereocenters. The Morgan fingerprint density at radius 2 is 1.96 bits per heavy atom. The number of piperidine rings is 1. The Balaban J connectivity index is 1.38. The van der Waals surface area contributed by atoms with Gasteiger partial charge < -0.3 is 9.80 Å². The fourth-order valence-corrected chi connectivity index (χ4v) is 6.54. The average molecular weight is 333 g/mol. The van der Waals surface area contributed by atoms with Gasteiger partial charge in [0.15, 0.2) is 6.19 Å². The Kier molecular flexibility index (Phi) is 4.47. The van der Waals surface area contributed by atoms with Crippen LogP contribution < -0.4 is 5.32 Å². The highest BCUT2D eigenvalue weighted by atomic mass is 32.2. The smallest absolute Gasteiger partial charge is 0.179 e. The molecule has 126 valence electrons. The molecule has 4 aliphatic rings. The third kappa shape index (κ3) is 2.96. The van der Waals surface area contributed by atoms with Gasteiger partial charge in [-0.05, 0) is 31.1 Å². The molecule has 3 saturated heterocycles. The van der Waals surface area contributed by atoms with Crippen LogP contribution in [0.3, 0.4) is 0 Å². The summed E-state index contributed by atoms with van der Waals surface area (Å²) in [6.07, 6.45) is 10.6. The predicted molar refractivity (Wildman–Crippen MR) is 94.4 cm³/mol. The van der Waals surface area contributed by atoms with Gasteiger partial charge in [0.05, 0.1) is 0 Å². The van der Waals surface area contributed by atoms with E-state index < -0.39 is 0 Å². The van der Waals surface area contributed by atoms with Gasteiger partial charge in [0.1, 0.15) is 5.50 Å². The van der Waals surface area contributed by atoms with Crippen molar-refractivity contribution in [2.24, 2.45) is 17.8 Å². The van der Waals surface area contributed by atoms with Gasteiger partial charge >= 0.3 is 0 Å². The molecule has 0 amide bonds. The van der Waals surface area contributed by atoms with E-state index in [0.717, 1.165) is 43.8 Å². The summed E-state index contributed by atoms with van der Waals surface area (Å²) in [5.41, 5.74) is 1.68. The maximum atomic E-state index is 9.17. The van der Waals surface area contributed by atoms with Crippen LogP contribution in [0, 0.1) is 29.2 Å². The molecular formula is C18H28N4S. The van der Waals surface area contributed by atoms with Gasteiger partial charge in [0.2, 0.25) is 0 Å². The van der Waals surface area contributed by atoms with Gasteiger partial charge in [-0.15, -0.1) is 11.8 Å². The third-order valence-electron chi connectivity index (χ3n) is 6.38. The molecule has 1 saturated carbocycles. The zero-order valence-corrected chi connectivity index (χ0v) is 14.7. The number of nitrogens with zero attached hydrogens (tertiary/aromatic N) is 3. The number of nitrogens with one attached hydrogen (secondary N) is 1. The number of hydrogen-bond donors (Lipinski definition) is 1. The lowest BCUT2D eigenvalue weighted by Crippen LogP contribution is -2.37. The second-order valence-electron chi connectivity index (χ2n) is 7.68. The standard InChI is InChI=1S/C18H28N4S/c1-13-16-11-21(12-19)8-7-15(16)10-22(13)18-20-9-17(23-18)14-5-3-2-4-6-14/h14-18,20H,1-11H2/t15-,16+,17?,18?/m0/s1. The lowest BCUT2D eigenvalue weighted by Gasteiger charge is -2.31. The van der Waals surface area contributed by atoms with Crippen LogP contribution in [0.2, 0.25) is 0 Å². The molecule has 4 rings (SSSR count). The number of likely N-dealkylation sites (tertiary alicyclic amines) is 2. The molecule has 0 spiro atoms. The first kappa shape index (κ1) is 15.7. The second-order valence-corrected chi connectivity index (χ2v) is 9.00. The van der Waals surface area contributed by atoms with Gasteiger partial charge in [0, 0.05) is 43.0 Å². The molecule has 3 aliphatic heterocycles. The Bertz CT molecular complexity index is 496. The Labute approximate surface area is 144 Å². The zero-order chi connectivity index (χ0) is 15.8. The third-order valence-corrected chi connectivity index (χ3v) is 7.96. The summed E-state index contributed by atoms with van der Waals surface area (Å²) in [7, 11) is 0. The van der Waals surface area contributed by atoms with Crippen LogP contribution in [0.4, 0.5) is 0 Å². The lowest BCUT2D eigenvalue weighted by atomic mass is 9.87. The monoisotopic (exact) mass is 332 g/mol. The molecule has 5 heteroatoms. The first-order chi connectivity index (χ1) is 11.3. The molecule has 0 bridgehead atoms. The quantitative estimate of drug-likeness (QED) is 0.788. The molecule has 0 aromatic heterocycles. The summed E-state index contributed by atoms with van der Waals surface area (Å²) in [6, 6.07) is 0. The van der Waals surface area contributed by atoms with Gasteiger partial charge in [-0.2, -0.15) is 5.26 Å². The molecule has 1 aliphatic carbocycles.